The van der Waals surface area contributed by atoms with Crippen LogP contribution in [0.4, 0.5) is 4.79 Å². The Morgan fingerprint density at radius 2 is 2.00 bits per heavy atom. The Morgan fingerprint density at radius 3 is 2.64 bits per heavy atom. The van der Waals surface area contributed by atoms with Crippen molar-refractivity contribution in [2.75, 3.05) is 13.2 Å². The maximum atomic E-state index is 12.3. The second-order valence-electron chi connectivity index (χ2n) is 5.46. The van der Waals surface area contributed by atoms with Crippen LogP contribution in [-0.2, 0) is 16.1 Å². The van der Waals surface area contributed by atoms with Gasteiger partial charge in [0, 0.05) is 13.2 Å². The molecule has 2 rings (SSSR count). The molecule has 6 heteroatoms. The maximum absolute atomic E-state index is 12.3. The van der Waals surface area contributed by atoms with Crippen LogP contribution in [0.1, 0.15) is 31.2 Å². The third kappa shape index (κ3) is 3.39. The summed E-state index contributed by atoms with van der Waals surface area (Å²) in [5, 5.41) is 18.5. The predicted molar refractivity (Wildman–Crippen MR) is 79.3 cm³/mol. The number of carbonyl (C=O) groups is 2. The Morgan fingerprint density at radius 1 is 1.27 bits per heavy atom. The SMILES string of the molecule is O=C(OCc1ccccc1)N1CCC[C@@]1(CCCO)C(=O)O. The van der Waals surface area contributed by atoms with Crippen LogP contribution < -0.4 is 0 Å². The molecule has 1 heterocycles. The first kappa shape index (κ1) is 16.3. The van der Waals surface area contributed by atoms with E-state index < -0.39 is 17.6 Å². The molecule has 1 amide bonds. The fraction of sp³-hybridized carbons (Fsp3) is 0.500. The fourth-order valence-corrected chi connectivity index (χ4v) is 2.90. The molecule has 2 N–H and O–H groups in total. The molecule has 0 unspecified atom stereocenters. The lowest BCUT2D eigenvalue weighted by Crippen LogP contribution is -2.53. The van der Waals surface area contributed by atoms with Gasteiger partial charge in [0.15, 0.2) is 0 Å². The predicted octanol–water partition coefficient (Wildman–Crippen LogP) is 2.01. The Bertz CT molecular complexity index is 519. The summed E-state index contributed by atoms with van der Waals surface area (Å²) in [5.41, 5.74) is -0.400. The molecule has 0 aromatic heterocycles. The van der Waals surface area contributed by atoms with Crippen LogP contribution in [-0.4, -0.2) is 45.9 Å². The van der Waals surface area contributed by atoms with Crippen molar-refractivity contribution in [3.05, 3.63) is 35.9 Å². The van der Waals surface area contributed by atoms with Crippen LogP contribution in [0.5, 0.6) is 0 Å². The molecule has 0 aliphatic carbocycles. The van der Waals surface area contributed by atoms with Crippen LogP contribution in [0.3, 0.4) is 0 Å². The highest BCUT2D eigenvalue weighted by atomic mass is 16.6. The van der Waals surface area contributed by atoms with Gasteiger partial charge in [-0.15, -0.1) is 0 Å². The summed E-state index contributed by atoms with van der Waals surface area (Å²) in [6.45, 7) is 0.388. The molecule has 1 saturated heterocycles. The van der Waals surface area contributed by atoms with Crippen LogP contribution in [0.25, 0.3) is 0 Å². The van der Waals surface area contributed by atoms with Crippen molar-refractivity contribution in [3.8, 4) is 0 Å². The Labute approximate surface area is 129 Å². The Kier molecular flexibility index (Phi) is 5.38. The zero-order valence-corrected chi connectivity index (χ0v) is 12.4. The van der Waals surface area contributed by atoms with E-state index in [1.807, 2.05) is 30.3 Å². The third-order valence-corrected chi connectivity index (χ3v) is 4.06. The van der Waals surface area contributed by atoms with Crippen molar-refractivity contribution < 1.29 is 24.5 Å². The highest BCUT2D eigenvalue weighted by Gasteiger charge is 2.50. The molecule has 1 aromatic rings. The molecule has 0 radical (unpaired) electrons. The first-order chi connectivity index (χ1) is 10.6. The van der Waals surface area contributed by atoms with Gasteiger partial charge in [0.25, 0.3) is 0 Å². The number of hydrogen-bond acceptors (Lipinski definition) is 4. The Balaban J connectivity index is 2.04. The molecule has 22 heavy (non-hydrogen) atoms. The summed E-state index contributed by atoms with van der Waals surface area (Å²) >= 11 is 0. The van der Waals surface area contributed by atoms with Gasteiger partial charge in [-0.1, -0.05) is 30.3 Å². The number of carboxylic acid groups (broad SMARTS) is 1. The van der Waals surface area contributed by atoms with Gasteiger partial charge in [-0.05, 0) is 31.2 Å². The number of aliphatic hydroxyl groups is 1. The summed E-state index contributed by atoms with van der Waals surface area (Å²) in [6.07, 6.45) is 0.983. The first-order valence-corrected chi connectivity index (χ1v) is 7.43. The van der Waals surface area contributed by atoms with E-state index in [0.29, 0.717) is 25.8 Å². The molecule has 0 saturated carbocycles. The molecule has 1 aliphatic rings. The van der Waals surface area contributed by atoms with E-state index in [1.54, 1.807) is 0 Å². The largest absolute Gasteiger partial charge is 0.479 e. The van der Waals surface area contributed by atoms with Crippen molar-refractivity contribution in [1.82, 2.24) is 4.90 Å². The first-order valence-electron chi connectivity index (χ1n) is 7.43. The van der Waals surface area contributed by atoms with Crippen LogP contribution in [0.15, 0.2) is 30.3 Å². The van der Waals surface area contributed by atoms with Crippen molar-refractivity contribution in [1.29, 1.82) is 0 Å². The Hall–Kier alpha value is -2.08. The molecular weight excluding hydrogens is 286 g/mol. The number of likely N-dealkylation sites (tertiary alicyclic amines) is 1. The van der Waals surface area contributed by atoms with Gasteiger partial charge in [0.1, 0.15) is 12.1 Å². The lowest BCUT2D eigenvalue weighted by Gasteiger charge is -2.33. The summed E-state index contributed by atoms with van der Waals surface area (Å²) in [7, 11) is 0. The molecule has 1 aromatic carbocycles. The smallest absolute Gasteiger partial charge is 0.411 e. The zero-order valence-electron chi connectivity index (χ0n) is 12.4. The monoisotopic (exact) mass is 307 g/mol. The molecule has 1 fully saturated rings. The van der Waals surface area contributed by atoms with E-state index in [1.165, 1.54) is 4.90 Å². The summed E-state index contributed by atoms with van der Waals surface area (Å²) in [4.78, 5) is 25.3. The van der Waals surface area contributed by atoms with Gasteiger partial charge in [-0.2, -0.15) is 0 Å². The van der Waals surface area contributed by atoms with Gasteiger partial charge in [-0.25, -0.2) is 9.59 Å². The maximum Gasteiger partial charge on any atom is 0.411 e. The summed E-state index contributed by atoms with van der Waals surface area (Å²) in [5.74, 6) is -1.03. The number of aliphatic carboxylic acids is 1. The highest BCUT2D eigenvalue weighted by Crippen LogP contribution is 2.34. The summed E-state index contributed by atoms with van der Waals surface area (Å²) < 4.78 is 5.26. The summed E-state index contributed by atoms with van der Waals surface area (Å²) in [6, 6.07) is 9.25. The van der Waals surface area contributed by atoms with Crippen molar-refractivity contribution in [2.24, 2.45) is 0 Å². The fourth-order valence-electron chi connectivity index (χ4n) is 2.90. The van der Waals surface area contributed by atoms with Crippen molar-refractivity contribution in [2.45, 2.75) is 37.8 Å². The van der Waals surface area contributed by atoms with E-state index in [-0.39, 0.29) is 19.6 Å². The van der Waals surface area contributed by atoms with Gasteiger partial charge in [0.05, 0.1) is 0 Å². The lowest BCUT2D eigenvalue weighted by molar-refractivity contribution is -0.149. The number of hydrogen-bond donors (Lipinski definition) is 2. The third-order valence-electron chi connectivity index (χ3n) is 4.06. The average Bonchev–Trinajstić information content (AvgIpc) is 2.97. The number of carboxylic acids is 1. The topological polar surface area (TPSA) is 87.1 Å². The van der Waals surface area contributed by atoms with Gasteiger partial charge in [0.2, 0.25) is 0 Å². The molecule has 1 aliphatic heterocycles. The minimum absolute atomic E-state index is 0.0953. The molecule has 1 atom stereocenters. The average molecular weight is 307 g/mol. The standard InChI is InChI=1S/C16H21NO5/c18-11-5-9-16(14(19)20)8-4-10-17(16)15(21)22-12-13-6-2-1-3-7-13/h1-3,6-7,18H,4-5,8-12H2,(H,19,20)/t16-/m1/s1. The number of ether oxygens (including phenoxy) is 1. The molecule has 0 spiro atoms. The van der Waals surface area contributed by atoms with Crippen LogP contribution in [0, 0.1) is 0 Å². The molecular formula is C16H21NO5. The lowest BCUT2D eigenvalue weighted by atomic mass is 9.91. The quantitative estimate of drug-likeness (QED) is 0.839. The normalized spacial score (nSPS) is 20.9. The van der Waals surface area contributed by atoms with E-state index in [4.69, 9.17) is 9.84 Å². The van der Waals surface area contributed by atoms with Crippen molar-refractivity contribution >= 4 is 12.1 Å². The number of carbonyl (C=O) groups excluding carboxylic acids is 1. The minimum atomic E-state index is -1.25. The van der Waals surface area contributed by atoms with Gasteiger partial charge in [-0.3, -0.25) is 4.90 Å². The van der Waals surface area contributed by atoms with Crippen molar-refractivity contribution in [3.63, 3.8) is 0 Å². The second-order valence-corrected chi connectivity index (χ2v) is 5.46. The zero-order chi connectivity index (χ0) is 16.0. The molecule has 120 valence electrons. The van der Waals surface area contributed by atoms with Gasteiger partial charge >= 0.3 is 12.1 Å². The van der Waals surface area contributed by atoms with Crippen LogP contribution >= 0.6 is 0 Å². The number of benzene rings is 1. The second kappa shape index (κ2) is 7.26. The van der Waals surface area contributed by atoms with E-state index in [2.05, 4.69) is 0 Å². The minimum Gasteiger partial charge on any atom is -0.479 e. The van der Waals surface area contributed by atoms with E-state index in [9.17, 15) is 14.7 Å². The number of aliphatic hydroxyl groups excluding tert-OH is 1. The number of amides is 1. The highest BCUT2D eigenvalue weighted by molar-refractivity contribution is 5.85. The van der Waals surface area contributed by atoms with E-state index in [0.717, 1.165) is 5.56 Å². The molecule has 6 nitrogen and oxygen atoms in total. The number of nitrogens with zero attached hydrogens (tertiary/aromatic N) is 1. The molecule has 0 bridgehead atoms. The van der Waals surface area contributed by atoms with Crippen LogP contribution in [0.2, 0.25) is 0 Å². The number of rotatable bonds is 6. The van der Waals surface area contributed by atoms with Gasteiger partial charge < -0.3 is 14.9 Å². The van der Waals surface area contributed by atoms with E-state index >= 15 is 0 Å².